The molecule has 0 spiro atoms. The monoisotopic (exact) mass is 279 g/mol. The van der Waals surface area contributed by atoms with Crippen molar-refractivity contribution in [3.63, 3.8) is 0 Å². The number of amides is 1. The van der Waals surface area contributed by atoms with Crippen molar-refractivity contribution in [2.24, 2.45) is 0 Å². The second-order valence-corrected chi connectivity index (χ2v) is 4.51. The minimum Gasteiger partial charge on any atom is -0.508 e. The molecule has 0 atom stereocenters. The van der Waals surface area contributed by atoms with Gasteiger partial charge in [0.2, 0.25) is 0 Å². The number of nitrogens with one attached hydrogen (secondary N) is 1. The Morgan fingerprint density at radius 3 is 2.48 bits per heavy atom. The molecule has 0 aliphatic rings. The van der Waals surface area contributed by atoms with Gasteiger partial charge >= 0.3 is 0 Å². The van der Waals surface area contributed by atoms with Crippen LogP contribution in [0.5, 0.6) is 5.75 Å². The Morgan fingerprint density at radius 2 is 1.76 bits per heavy atom. The minimum atomic E-state index is -0.248. The maximum Gasteiger partial charge on any atom is 0.255 e. The molecule has 5 heteroatoms. The number of phenolic OH excluding ortho intramolecular Hbond substituents is 1. The number of aromatic nitrogens is 2. The molecule has 0 fully saturated rings. The van der Waals surface area contributed by atoms with E-state index in [2.05, 4.69) is 10.4 Å². The Morgan fingerprint density at radius 1 is 1.05 bits per heavy atom. The molecule has 3 aromatic rings. The van der Waals surface area contributed by atoms with Crippen molar-refractivity contribution >= 4 is 11.6 Å². The number of aromatic hydroxyl groups is 1. The fourth-order valence-electron chi connectivity index (χ4n) is 1.93. The summed E-state index contributed by atoms with van der Waals surface area (Å²) in [5.41, 5.74) is 2.00. The number of benzene rings is 2. The summed E-state index contributed by atoms with van der Waals surface area (Å²) >= 11 is 0. The maximum atomic E-state index is 12.0. The highest BCUT2D eigenvalue weighted by molar-refractivity contribution is 6.04. The molecule has 2 N–H and O–H groups in total. The Bertz CT molecular complexity index is 749. The largest absolute Gasteiger partial charge is 0.508 e. The Labute approximate surface area is 121 Å². The second kappa shape index (κ2) is 5.50. The van der Waals surface area contributed by atoms with Gasteiger partial charge in [0.25, 0.3) is 5.91 Å². The van der Waals surface area contributed by atoms with Crippen LogP contribution in [0.15, 0.2) is 67.0 Å². The lowest BCUT2D eigenvalue weighted by atomic mass is 10.2. The van der Waals surface area contributed by atoms with Crippen molar-refractivity contribution < 1.29 is 9.90 Å². The van der Waals surface area contributed by atoms with Crippen LogP contribution >= 0.6 is 0 Å². The number of hydrogen-bond donors (Lipinski definition) is 2. The zero-order valence-corrected chi connectivity index (χ0v) is 11.1. The zero-order chi connectivity index (χ0) is 14.7. The third-order valence-corrected chi connectivity index (χ3v) is 2.99. The normalized spacial score (nSPS) is 10.3. The number of carbonyl (C=O) groups excluding carboxylic acids is 1. The standard InChI is InChI=1S/C16H13N3O2/c20-15-8-6-12(7-9-15)16(21)18-13-10-17-19(11-13)14-4-2-1-3-5-14/h1-11,20H,(H,18,21). The van der Waals surface area contributed by atoms with E-state index in [9.17, 15) is 9.90 Å². The van der Waals surface area contributed by atoms with E-state index in [0.717, 1.165) is 5.69 Å². The molecule has 0 radical (unpaired) electrons. The van der Waals surface area contributed by atoms with E-state index in [-0.39, 0.29) is 11.7 Å². The van der Waals surface area contributed by atoms with Crippen molar-refractivity contribution in [2.45, 2.75) is 0 Å². The van der Waals surface area contributed by atoms with E-state index in [1.807, 2.05) is 30.3 Å². The molecule has 1 aromatic heterocycles. The van der Waals surface area contributed by atoms with Crippen LogP contribution in [-0.4, -0.2) is 20.8 Å². The third kappa shape index (κ3) is 2.92. The Hall–Kier alpha value is -3.08. The summed E-state index contributed by atoms with van der Waals surface area (Å²) in [7, 11) is 0. The third-order valence-electron chi connectivity index (χ3n) is 2.99. The number of hydrogen-bond acceptors (Lipinski definition) is 3. The van der Waals surface area contributed by atoms with Gasteiger partial charge in [-0.1, -0.05) is 18.2 Å². The lowest BCUT2D eigenvalue weighted by Crippen LogP contribution is -2.11. The summed E-state index contributed by atoms with van der Waals surface area (Å²) in [6, 6.07) is 15.7. The number of para-hydroxylation sites is 1. The van der Waals surface area contributed by atoms with Crippen LogP contribution in [-0.2, 0) is 0 Å². The van der Waals surface area contributed by atoms with Gasteiger partial charge in [-0.15, -0.1) is 0 Å². The van der Waals surface area contributed by atoms with Crippen LogP contribution in [0.2, 0.25) is 0 Å². The molecule has 21 heavy (non-hydrogen) atoms. The Kier molecular flexibility index (Phi) is 3.39. The van der Waals surface area contributed by atoms with E-state index in [4.69, 9.17) is 0 Å². The fourth-order valence-corrected chi connectivity index (χ4v) is 1.93. The quantitative estimate of drug-likeness (QED) is 0.774. The van der Waals surface area contributed by atoms with Crippen molar-refractivity contribution in [1.82, 2.24) is 9.78 Å². The van der Waals surface area contributed by atoms with Crippen LogP contribution in [0.1, 0.15) is 10.4 Å². The number of phenols is 1. The summed E-state index contributed by atoms with van der Waals surface area (Å²) < 4.78 is 1.69. The van der Waals surface area contributed by atoms with Crippen molar-refractivity contribution in [3.05, 3.63) is 72.6 Å². The van der Waals surface area contributed by atoms with E-state index in [0.29, 0.717) is 11.3 Å². The minimum absolute atomic E-state index is 0.128. The maximum absolute atomic E-state index is 12.0. The molecule has 5 nitrogen and oxygen atoms in total. The molecule has 3 rings (SSSR count). The van der Waals surface area contributed by atoms with Gasteiger partial charge in [0, 0.05) is 5.56 Å². The SMILES string of the molecule is O=C(Nc1cnn(-c2ccccc2)c1)c1ccc(O)cc1. The smallest absolute Gasteiger partial charge is 0.255 e. The van der Waals surface area contributed by atoms with E-state index in [1.165, 1.54) is 12.1 Å². The number of rotatable bonds is 3. The lowest BCUT2D eigenvalue weighted by Gasteiger charge is -2.02. The van der Waals surface area contributed by atoms with Gasteiger partial charge in [-0.3, -0.25) is 4.79 Å². The highest BCUT2D eigenvalue weighted by Crippen LogP contribution is 2.14. The number of carbonyl (C=O) groups is 1. The predicted molar refractivity (Wildman–Crippen MR) is 79.6 cm³/mol. The Balaban J connectivity index is 1.75. The average Bonchev–Trinajstić information content (AvgIpc) is 2.97. The molecule has 0 saturated carbocycles. The lowest BCUT2D eigenvalue weighted by molar-refractivity contribution is 0.102. The van der Waals surface area contributed by atoms with Gasteiger partial charge in [-0.05, 0) is 36.4 Å². The highest BCUT2D eigenvalue weighted by Gasteiger charge is 2.08. The second-order valence-electron chi connectivity index (χ2n) is 4.51. The molecule has 0 bridgehead atoms. The summed E-state index contributed by atoms with van der Waals surface area (Å²) in [6.07, 6.45) is 3.33. The molecule has 0 aliphatic carbocycles. The first-order valence-corrected chi connectivity index (χ1v) is 6.43. The van der Waals surface area contributed by atoms with Gasteiger partial charge in [-0.2, -0.15) is 5.10 Å². The van der Waals surface area contributed by atoms with Crippen molar-refractivity contribution in [1.29, 1.82) is 0 Å². The van der Waals surface area contributed by atoms with Crippen LogP contribution in [0.25, 0.3) is 5.69 Å². The molecule has 104 valence electrons. The van der Waals surface area contributed by atoms with Crippen LogP contribution < -0.4 is 5.32 Å². The van der Waals surface area contributed by atoms with Gasteiger partial charge < -0.3 is 10.4 Å². The first kappa shape index (κ1) is 12.9. The first-order valence-electron chi connectivity index (χ1n) is 6.43. The van der Waals surface area contributed by atoms with Crippen LogP contribution in [0, 0.1) is 0 Å². The number of anilines is 1. The molecule has 0 aliphatic heterocycles. The predicted octanol–water partition coefficient (Wildman–Crippen LogP) is 2.83. The summed E-state index contributed by atoms with van der Waals surface area (Å²) in [6.45, 7) is 0. The number of nitrogens with zero attached hydrogens (tertiary/aromatic N) is 2. The molecule has 1 amide bonds. The molecule has 0 unspecified atom stereocenters. The van der Waals surface area contributed by atoms with Crippen molar-refractivity contribution in [2.75, 3.05) is 5.32 Å². The molecular formula is C16H13N3O2. The first-order chi connectivity index (χ1) is 10.2. The average molecular weight is 279 g/mol. The fraction of sp³-hybridized carbons (Fsp3) is 0. The van der Waals surface area contributed by atoms with E-state index < -0.39 is 0 Å². The molecule has 0 saturated heterocycles. The van der Waals surface area contributed by atoms with Gasteiger partial charge in [0.15, 0.2) is 0 Å². The van der Waals surface area contributed by atoms with Gasteiger partial charge in [0.1, 0.15) is 5.75 Å². The zero-order valence-electron chi connectivity index (χ0n) is 11.1. The summed E-state index contributed by atoms with van der Waals surface area (Å²) in [5.74, 6) is -0.119. The molecule has 2 aromatic carbocycles. The summed E-state index contributed by atoms with van der Waals surface area (Å²) in [4.78, 5) is 12.0. The molecule has 1 heterocycles. The van der Waals surface area contributed by atoms with Crippen LogP contribution in [0.3, 0.4) is 0 Å². The van der Waals surface area contributed by atoms with E-state index >= 15 is 0 Å². The van der Waals surface area contributed by atoms with E-state index in [1.54, 1.807) is 29.2 Å². The topological polar surface area (TPSA) is 67.2 Å². The highest BCUT2D eigenvalue weighted by atomic mass is 16.3. The van der Waals surface area contributed by atoms with Gasteiger partial charge in [0.05, 0.1) is 23.8 Å². The van der Waals surface area contributed by atoms with Crippen LogP contribution in [0.4, 0.5) is 5.69 Å². The molecular weight excluding hydrogens is 266 g/mol. The van der Waals surface area contributed by atoms with Gasteiger partial charge in [-0.25, -0.2) is 4.68 Å². The van der Waals surface area contributed by atoms with Crippen molar-refractivity contribution in [3.8, 4) is 11.4 Å². The summed E-state index contributed by atoms with van der Waals surface area (Å²) in [5, 5.41) is 16.2.